The van der Waals surface area contributed by atoms with Crippen LogP contribution in [0.4, 0.5) is 5.13 Å². The fourth-order valence-electron chi connectivity index (χ4n) is 2.25. The molecule has 0 saturated heterocycles. The van der Waals surface area contributed by atoms with Crippen LogP contribution in [0.15, 0.2) is 30.5 Å². The fourth-order valence-corrected chi connectivity index (χ4v) is 3.08. The van der Waals surface area contributed by atoms with Gasteiger partial charge in [0.05, 0.1) is 18.4 Å². The minimum atomic E-state index is -0.0298. The summed E-state index contributed by atoms with van der Waals surface area (Å²) in [6, 6.07) is 7.71. The van der Waals surface area contributed by atoms with Crippen molar-refractivity contribution in [2.75, 3.05) is 18.5 Å². The molecule has 1 aliphatic heterocycles. The summed E-state index contributed by atoms with van der Waals surface area (Å²) < 4.78 is 13.4. The van der Waals surface area contributed by atoms with Crippen LogP contribution >= 0.6 is 11.3 Å². The highest BCUT2D eigenvalue weighted by Crippen LogP contribution is 2.31. The van der Waals surface area contributed by atoms with Crippen LogP contribution in [0.5, 0.6) is 11.5 Å². The summed E-state index contributed by atoms with van der Waals surface area (Å²) in [7, 11) is 0. The van der Waals surface area contributed by atoms with Gasteiger partial charge in [0.25, 0.3) is 0 Å². The number of aryl methyl sites for hydroxylation is 1. The molecule has 2 aromatic heterocycles. The topological polar surface area (TPSA) is 60.7 Å². The second-order valence-electron chi connectivity index (χ2n) is 4.90. The molecule has 6 nitrogen and oxygen atoms in total. The lowest BCUT2D eigenvalue weighted by molar-refractivity contribution is 0.0997. The zero-order valence-corrected chi connectivity index (χ0v) is 12.3. The molecule has 1 atom stereocenters. The van der Waals surface area contributed by atoms with Crippen LogP contribution in [-0.4, -0.2) is 33.9 Å². The van der Waals surface area contributed by atoms with Gasteiger partial charge in [0.15, 0.2) is 11.5 Å². The highest BCUT2D eigenvalue weighted by Gasteiger charge is 2.20. The van der Waals surface area contributed by atoms with Crippen molar-refractivity contribution < 1.29 is 9.47 Å². The number of imidazole rings is 1. The molecule has 0 spiro atoms. The number of hydrogen-bond donors (Lipinski definition) is 1. The van der Waals surface area contributed by atoms with Gasteiger partial charge in [0.1, 0.15) is 12.7 Å². The van der Waals surface area contributed by atoms with Gasteiger partial charge in [-0.2, -0.15) is 0 Å². The molecule has 21 heavy (non-hydrogen) atoms. The summed E-state index contributed by atoms with van der Waals surface area (Å²) in [6.07, 6.45) is 1.88. The summed E-state index contributed by atoms with van der Waals surface area (Å²) in [5.74, 6) is 1.59. The van der Waals surface area contributed by atoms with Gasteiger partial charge >= 0.3 is 0 Å². The SMILES string of the molecule is Cc1cn2nc(NC[C@@H]3COc4ccccc4O3)sc2n1. The van der Waals surface area contributed by atoms with Gasteiger partial charge in [-0.3, -0.25) is 0 Å². The Kier molecular flexibility index (Phi) is 2.92. The largest absolute Gasteiger partial charge is 0.486 e. The molecule has 4 rings (SSSR count). The number of nitrogens with zero attached hydrogens (tertiary/aromatic N) is 3. The number of aromatic nitrogens is 3. The van der Waals surface area contributed by atoms with E-state index in [1.54, 1.807) is 4.52 Å². The third-order valence-electron chi connectivity index (χ3n) is 3.21. The van der Waals surface area contributed by atoms with E-state index in [0.29, 0.717) is 13.2 Å². The van der Waals surface area contributed by atoms with E-state index in [2.05, 4.69) is 15.4 Å². The van der Waals surface area contributed by atoms with E-state index in [1.165, 1.54) is 11.3 Å². The van der Waals surface area contributed by atoms with Crippen LogP contribution in [0.2, 0.25) is 0 Å². The molecule has 7 heteroatoms. The fraction of sp³-hybridized carbons (Fsp3) is 0.286. The van der Waals surface area contributed by atoms with E-state index in [9.17, 15) is 0 Å². The Morgan fingerprint density at radius 1 is 1.38 bits per heavy atom. The van der Waals surface area contributed by atoms with Crippen molar-refractivity contribution >= 4 is 21.4 Å². The van der Waals surface area contributed by atoms with Crippen LogP contribution in [0.3, 0.4) is 0 Å². The van der Waals surface area contributed by atoms with Crippen molar-refractivity contribution in [2.24, 2.45) is 0 Å². The van der Waals surface area contributed by atoms with Crippen molar-refractivity contribution in [3.05, 3.63) is 36.2 Å². The Bertz CT molecular complexity index is 751. The van der Waals surface area contributed by atoms with E-state index in [-0.39, 0.29) is 6.10 Å². The minimum absolute atomic E-state index is 0.0298. The summed E-state index contributed by atoms with van der Waals surface area (Å²) in [5.41, 5.74) is 0.973. The third kappa shape index (κ3) is 2.40. The van der Waals surface area contributed by atoms with Gasteiger partial charge in [-0.1, -0.05) is 23.5 Å². The summed E-state index contributed by atoms with van der Waals surface area (Å²) in [6.45, 7) is 3.13. The van der Waals surface area contributed by atoms with E-state index >= 15 is 0 Å². The second kappa shape index (κ2) is 4.92. The molecule has 0 aliphatic carbocycles. The van der Waals surface area contributed by atoms with Gasteiger partial charge in [-0.05, 0) is 19.1 Å². The molecule has 0 amide bonds. The molecular formula is C14H14N4O2S. The molecule has 0 radical (unpaired) electrons. The molecule has 108 valence electrons. The summed E-state index contributed by atoms with van der Waals surface area (Å²) in [4.78, 5) is 5.27. The van der Waals surface area contributed by atoms with Crippen molar-refractivity contribution in [3.63, 3.8) is 0 Å². The molecule has 0 unspecified atom stereocenters. The molecule has 0 saturated carbocycles. The first-order valence-corrected chi connectivity index (χ1v) is 7.55. The minimum Gasteiger partial charge on any atom is -0.486 e. The number of fused-ring (bicyclic) bond motifs is 2. The number of ether oxygens (including phenoxy) is 2. The zero-order chi connectivity index (χ0) is 14.2. The van der Waals surface area contributed by atoms with Gasteiger partial charge in [0, 0.05) is 0 Å². The number of anilines is 1. The molecule has 1 N–H and O–H groups in total. The number of para-hydroxylation sites is 2. The average Bonchev–Trinajstić information content (AvgIpc) is 3.01. The third-order valence-corrected chi connectivity index (χ3v) is 4.09. The van der Waals surface area contributed by atoms with E-state index in [1.807, 2.05) is 37.4 Å². The quantitative estimate of drug-likeness (QED) is 0.805. The lowest BCUT2D eigenvalue weighted by Gasteiger charge is -2.26. The van der Waals surface area contributed by atoms with Crippen LogP contribution in [-0.2, 0) is 0 Å². The molecular weight excluding hydrogens is 288 g/mol. The molecule has 1 aliphatic rings. The highest BCUT2D eigenvalue weighted by atomic mass is 32.1. The smallest absolute Gasteiger partial charge is 0.214 e. The molecule has 0 bridgehead atoms. The Morgan fingerprint density at radius 2 is 2.24 bits per heavy atom. The summed E-state index contributed by atoms with van der Waals surface area (Å²) >= 11 is 1.53. The summed E-state index contributed by atoms with van der Waals surface area (Å²) in [5, 5.41) is 8.54. The van der Waals surface area contributed by atoms with E-state index < -0.39 is 0 Å². The maximum atomic E-state index is 5.90. The van der Waals surface area contributed by atoms with Crippen LogP contribution in [0.25, 0.3) is 4.96 Å². The average molecular weight is 302 g/mol. The van der Waals surface area contributed by atoms with Gasteiger partial charge in [-0.15, -0.1) is 5.10 Å². The van der Waals surface area contributed by atoms with Crippen molar-refractivity contribution in [1.82, 2.24) is 14.6 Å². The van der Waals surface area contributed by atoms with Crippen molar-refractivity contribution in [2.45, 2.75) is 13.0 Å². The normalized spacial score (nSPS) is 17.1. The Hall–Kier alpha value is -2.28. The molecule has 0 fully saturated rings. The predicted molar refractivity (Wildman–Crippen MR) is 80.4 cm³/mol. The Morgan fingerprint density at radius 3 is 3.10 bits per heavy atom. The van der Waals surface area contributed by atoms with Crippen molar-refractivity contribution in [3.8, 4) is 11.5 Å². The monoisotopic (exact) mass is 302 g/mol. The Labute approximate surface area is 125 Å². The highest BCUT2D eigenvalue weighted by molar-refractivity contribution is 7.20. The molecule has 1 aromatic carbocycles. The van der Waals surface area contributed by atoms with Crippen LogP contribution in [0, 0.1) is 6.92 Å². The number of rotatable bonds is 3. The first-order chi connectivity index (χ1) is 10.3. The standard InChI is InChI=1S/C14H14N4O2S/c1-9-7-18-14(16-9)21-13(17-18)15-6-10-8-19-11-4-2-3-5-12(11)20-10/h2-5,7,10H,6,8H2,1H3,(H,15,17)/t10-/m1/s1. The zero-order valence-electron chi connectivity index (χ0n) is 11.4. The number of nitrogens with one attached hydrogen (secondary N) is 1. The lowest BCUT2D eigenvalue weighted by atomic mass is 10.2. The molecule has 3 aromatic rings. The number of hydrogen-bond acceptors (Lipinski definition) is 6. The van der Waals surface area contributed by atoms with Gasteiger partial charge < -0.3 is 14.8 Å². The maximum absolute atomic E-state index is 5.90. The van der Waals surface area contributed by atoms with E-state index in [0.717, 1.165) is 27.3 Å². The van der Waals surface area contributed by atoms with Crippen LogP contribution in [0.1, 0.15) is 5.69 Å². The maximum Gasteiger partial charge on any atom is 0.214 e. The number of benzene rings is 1. The lowest BCUT2D eigenvalue weighted by Crippen LogP contribution is -2.35. The predicted octanol–water partition coefficient (Wildman–Crippen LogP) is 2.35. The Balaban J connectivity index is 1.42. The first kappa shape index (κ1) is 12.5. The van der Waals surface area contributed by atoms with Crippen LogP contribution < -0.4 is 14.8 Å². The van der Waals surface area contributed by atoms with Gasteiger partial charge in [-0.25, -0.2) is 9.50 Å². The van der Waals surface area contributed by atoms with Crippen molar-refractivity contribution in [1.29, 1.82) is 0 Å². The first-order valence-electron chi connectivity index (χ1n) is 6.73. The second-order valence-corrected chi connectivity index (χ2v) is 5.85. The van der Waals surface area contributed by atoms with Gasteiger partial charge in [0.2, 0.25) is 10.1 Å². The molecule has 3 heterocycles. The van der Waals surface area contributed by atoms with E-state index in [4.69, 9.17) is 9.47 Å².